The first-order valence-electron chi connectivity index (χ1n) is 15.0. The minimum absolute atomic E-state index is 0.0915. The maximum atomic E-state index is 13.4. The number of nitrogens with zero attached hydrogens (tertiary/aromatic N) is 4. The minimum atomic E-state index is -3.07. The molecule has 1 saturated heterocycles. The van der Waals surface area contributed by atoms with Gasteiger partial charge in [0, 0.05) is 48.8 Å². The van der Waals surface area contributed by atoms with Gasteiger partial charge >= 0.3 is 12.6 Å². The number of carbonyl (C=O) groups is 1. The average molecular weight is 626 g/mol. The number of nitriles is 1. The van der Waals surface area contributed by atoms with E-state index in [9.17, 15) is 23.9 Å². The van der Waals surface area contributed by atoms with Crippen molar-refractivity contribution in [3.05, 3.63) is 76.7 Å². The van der Waals surface area contributed by atoms with E-state index in [1.807, 2.05) is 43.3 Å². The third kappa shape index (κ3) is 5.37. The Bertz CT molecular complexity index is 1990. The van der Waals surface area contributed by atoms with Crippen LogP contribution in [-0.2, 0) is 24.3 Å². The molecule has 2 aromatic heterocycles. The maximum absolute atomic E-state index is 13.4. The molecule has 2 aliphatic rings. The van der Waals surface area contributed by atoms with E-state index in [2.05, 4.69) is 16.4 Å². The van der Waals surface area contributed by atoms with Gasteiger partial charge in [0.25, 0.3) is 0 Å². The lowest BCUT2D eigenvalue weighted by Crippen LogP contribution is -2.35. The highest BCUT2D eigenvalue weighted by Gasteiger charge is 2.31. The van der Waals surface area contributed by atoms with Gasteiger partial charge in [0.1, 0.15) is 29.1 Å². The molecule has 234 valence electrons. The fraction of sp³-hybridized carbons (Fsp3) is 0.294. The summed E-state index contributed by atoms with van der Waals surface area (Å²) in [7, 11) is 0. The van der Waals surface area contributed by atoms with E-state index in [0.717, 1.165) is 35.5 Å². The molecule has 3 aromatic carbocycles. The van der Waals surface area contributed by atoms with Gasteiger partial charge in [-0.25, -0.2) is 9.97 Å². The molecule has 12 heteroatoms. The van der Waals surface area contributed by atoms with Crippen molar-refractivity contribution < 1.29 is 32.3 Å². The van der Waals surface area contributed by atoms with Gasteiger partial charge in [0.15, 0.2) is 5.58 Å². The number of oxazole rings is 2. The Morgan fingerprint density at radius 2 is 1.89 bits per heavy atom. The highest BCUT2D eigenvalue weighted by molar-refractivity contribution is 5.85. The van der Waals surface area contributed by atoms with Crippen molar-refractivity contribution in [3.8, 4) is 45.9 Å². The number of halogens is 2. The maximum Gasteiger partial charge on any atom is 0.387 e. The molecule has 4 heterocycles. The van der Waals surface area contributed by atoms with Gasteiger partial charge in [0.2, 0.25) is 11.8 Å². The van der Waals surface area contributed by atoms with Crippen molar-refractivity contribution >= 4 is 17.1 Å². The standard InChI is InChI=1S/C34H29F2N5O5/c1-18-20(22-7-3-8-23(24(22)15-37)32-40-26-16-38-11-10-28(26)44-32)5-2-6-21(18)31-39-25-13-19(17-41-12-4-9-27(41)33(42)43)29(46-34(35)36)14-30(25)45-31/h2-3,5-8,13-14,27,34,38H,4,9-12,16-17H2,1H3,(H,42,43)/t27-/m0/s1. The van der Waals surface area contributed by atoms with Crippen LogP contribution in [0.2, 0.25) is 0 Å². The van der Waals surface area contributed by atoms with Crippen molar-refractivity contribution in [1.29, 1.82) is 5.26 Å². The summed E-state index contributed by atoms with van der Waals surface area (Å²) in [6, 6.07) is 15.8. The van der Waals surface area contributed by atoms with Gasteiger partial charge in [-0.05, 0) is 55.6 Å². The zero-order valence-corrected chi connectivity index (χ0v) is 24.8. The van der Waals surface area contributed by atoms with Crippen molar-refractivity contribution in [2.24, 2.45) is 0 Å². The number of ether oxygens (including phenoxy) is 1. The summed E-state index contributed by atoms with van der Waals surface area (Å²) in [5.41, 5.74) is 5.86. The molecule has 2 aliphatic heterocycles. The Morgan fingerprint density at radius 1 is 1.13 bits per heavy atom. The van der Waals surface area contributed by atoms with E-state index in [0.29, 0.717) is 65.2 Å². The third-order valence-electron chi connectivity index (χ3n) is 8.67. The van der Waals surface area contributed by atoms with Crippen LogP contribution >= 0.6 is 0 Å². The molecule has 0 amide bonds. The van der Waals surface area contributed by atoms with E-state index >= 15 is 0 Å². The van der Waals surface area contributed by atoms with Crippen molar-refractivity contribution in [2.75, 3.05) is 13.1 Å². The second-order valence-corrected chi connectivity index (χ2v) is 11.4. The Kier molecular flexibility index (Phi) is 7.72. The first kappa shape index (κ1) is 29.6. The lowest BCUT2D eigenvalue weighted by atomic mass is 9.91. The van der Waals surface area contributed by atoms with Crippen LogP contribution in [0, 0.1) is 18.3 Å². The fourth-order valence-electron chi connectivity index (χ4n) is 6.43. The molecule has 0 aliphatic carbocycles. The normalized spacial score (nSPS) is 16.5. The second kappa shape index (κ2) is 12.0. The van der Waals surface area contributed by atoms with Gasteiger partial charge < -0.3 is 24.0 Å². The number of nitrogens with one attached hydrogen (secondary N) is 1. The smallest absolute Gasteiger partial charge is 0.387 e. The molecule has 7 rings (SSSR count). The summed E-state index contributed by atoms with van der Waals surface area (Å²) in [6.07, 6.45) is 1.91. The van der Waals surface area contributed by atoms with E-state index in [1.165, 1.54) is 6.07 Å². The molecule has 0 saturated carbocycles. The van der Waals surface area contributed by atoms with Crippen LogP contribution in [0.3, 0.4) is 0 Å². The van der Waals surface area contributed by atoms with Crippen LogP contribution in [0.4, 0.5) is 8.78 Å². The van der Waals surface area contributed by atoms with Gasteiger partial charge in [-0.1, -0.05) is 24.3 Å². The summed E-state index contributed by atoms with van der Waals surface area (Å²) in [4.78, 5) is 22.8. The summed E-state index contributed by atoms with van der Waals surface area (Å²) in [5.74, 6) is 0.453. The topological polar surface area (TPSA) is 138 Å². The summed E-state index contributed by atoms with van der Waals surface area (Å²) < 4.78 is 43.8. The number of carboxylic acid groups (broad SMARTS) is 1. The number of benzene rings is 3. The van der Waals surface area contributed by atoms with E-state index in [-0.39, 0.29) is 23.8 Å². The summed E-state index contributed by atoms with van der Waals surface area (Å²) in [6.45, 7) is 0.891. The van der Waals surface area contributed by atoms with Gasteiger partial charge in [0.05, 0.1) is 16.8 Å². The monoisotopic (exact) mass is 625 g/mol. The molecule has 1 atom stereocenters. The first-order chi connectivity index (χ1) is 22.3. The predicted octanol–water partition coefficient (Wildman–Crippen LogP) is 6.29. The number of hydrogen-bond acceptors (Lipinski definition) is 9. The lowest BCUT2D eigenvalue weighted by Gasteiger charge is -2.22. The van der Waals surface area contributed by atoms with Crippen LogP contribution in [0.1, 0.15) is 41.0 Å². The van der Waals surface area contributed by atoms with Crippen molar-refractivity contribution in [2.45, 2.75) is 51.9 Å². The Balaban J connectivity index is 1.27. The molecule has 0 bridgehead atoms. The largest absolute Gasteiger partial charge is 0.480 e. The zero-order valence-electron chi connectivity index (χ0n) is 24.8. The first-order valence-corrected chi connectivity index (χ1v) is 15.0. The number of aromatic nitrogens is 2. The summed E-state index contributed by atoms with van der Waals surface area (Å²) in [5, 5.41) is 23.2. The lowest BCUT2D eigenvalue weighted by molar-refractivity contribution is -0.142. The summed E-state index contributed by atoms with van der Waals surface area (Å²) >= 11 is 0. The van der Waals surface area contributed by atoms with Gasteiger partial charge in [-0.3, -0.25) is 9.69 Å². The van der Waals surface area contributed by atoms with Crippen LogP contribution in [-0.4, -0.2) is 51.7 Å². The Morgan fingerprint density at radius 3 is 2.65 bits per heavy atom. The van der Waals surface area contributed by atoms with Crippen molar-refractivity contribution in [3.63, 3.8) is 0 Å². The minimum Gasteiger partial charge on any atom is -0.480 e. The molecule has 46 heavy (non-hydrogen) atoms. The van der Waals surface area contributed by atoms with Crippen LogP contribution in [0.5, 0.6) is 5.75 Å². The molecule has 5 aromatic rings. The number of fused-ring (bicyclic) bond motifs is 2. The van der Waals surface area contributed by atoms with Crippen LogP contribution in [0.15, 0.2) is 57.4 Å². The molecule has 0 unspecified atom stereocenters. The molecule has 1 fully saturated rings. The molecular formula is C34H29F2N5O5. The highest BCUT2D eigenvalue weighted by atomic mass is 19.3. The molecule has 10 nitrogen and oxygen atoms in total. The van der Waals surface area contributed by atoms with E-state index in [4.69, 9.17) is 18.6 Å². The SMILES string of the molecule is Cc1c(-c2nc3cc(CN4CCC[C@H]4C(=O)O)c(OC(F)F)cc3o2)cccc1-c1cccc(-c2nc3c(o2)CCNC3)c1C#N. The number of alkyl halides is 2. The molecule has 0 spiro atoms. The van der Waals surface area contributed by atoms with Crippen LogP contribution < -0.4 is 10.1 Å². The van der Waals surface area contributed by atoms with Crippen molar-refractivity contribution in [1.82, 2.24) is 20.2 Å². The fourth-order valence-corrected chi connectivity index (χ4v) is 6.43. The quantitative estimate of drug-likeness (QED) is 0.202. The number of aliphatic carboxylic acids is 1. The number of carboxylic acids is 1. The predicted molar refractivity (Wildman–Crippen MR) is 163 cm³/mol. The highest BCUT2D eigenvalue weighted by Crippen LogP contribution is 2.39. The number of hydrogen-bond donors (Lipinski definition) is 2. The van der Waals surface area contributed by atoms with E-state index in [1.54, 1.807) is 11.0 Å². The average Bonchev–Trinajstić information content (AvgIpc) is 3.79. The molecule has 0 radical (unpaired) electrons. The molecule has 2 N–H and O–H groups in total. The number of rotatable bonds is 8. The zero-order chi connectivity index (χ0) is 31.9. The molecular weight excluding hydrogens is 596 g/mol. The third-order valence-corrected chi connectivity index (χ3v) is 8.67. The van der Waals surface area contributed by atoms with E-state index < -0.39 is 18.6 Å². The van der Waals surface area contributed by atoms with Gasteiger partial charge in [-0.15, -0.1) is 0 Å². The number of likely N-dealkylation sites (tertiary alicyclic amines) is 1. The Hall–Kier alpha value is -5.12. The second-order valence-electron chi connectivity index (χ2n) is 11.4. The van der Waals surface area contributed by atoms with Crippen LogP contribution in [0.25, 0.3) is 45.1 Å². The van der Waals surface area contributed by atoms with Gasteiger partial charge in [-0.2, -0.15) is 14.0 Å². The Labute approximate surface area is 262 Å².